The summed E-state index contributed by atoms with van der Waals surface area (Å²) < 4.78 is 60.6. The van der Waals surface area contributed by atoms with Gasteiger partial charge in [0.05, 0.1) is 29.3 Å². The Bertz CT molecular complexity index is 1600. The number of nitrogens with zero attached hydrogens (tertiary/aromatic N) is 4. The Balaban J connectivity index is 1.36. The van der Waals surface area contributed by atoms with E-state index >= 15 is 4.39 Å². The van der Waals surface area contributed by atoms with E-state index < -0.39 is 23.0 Å². The average Bonchev–Trinajstić information content (AvgIpc) is 3.38. The third kappa shape index (κ3) is 4.44. The second-order valence-corrected chi connectivity index (χ2v) is 11.0. The number of hydrogen-bond acceptors (Lipinski definition) is 10. The number of methoxy groups -OCH3 is 1. The van der Waals surface area contributed by atoms with Crippen molar-refractivity contribution in [3.63, 3.8) is 0 Å². The summed E-state index contributed by atoms with van der Waals surface area (Å²) in [6.07, 6.45) is 4.61. The summed E-state index contributed by atoms with van der Waals surface area (Å²) in [4.78, 5) is 17.0. The molecule has 1 saturated carbocycles. The molecule has 4 aromatic rings. The molecular weight excluding hydrogens is 533 g/mol. The fourth-order valence-electron chi connectivity index (χ4n) is 5.19. The molecular formula is C26H23F3N6O3S. The van der Waals surface area contributed by atoms with Gasteiger partial charge in [-0.1, -0.05) is 11.8 Å². The predicted octanol–water partition coefficient (Wildman–Crippen LogP) is 5.04. The quantitative estimate of drug-likeness (QED) is 0.307. The van der Waals surface area contributed by atoms with Crippen LogP contribution in [0.25, 0.3) is 10.9 Å². The van der Waals surface area contributed by atoms with Crippen LogP contribution in [0.2, 0.25) is 0 Å². The molecule has 202 valence electrons. The van der Waals surface area contributed by atoms with E-state index in [-0.39, 0.29) is 56.3 Å². The van der Waals surface area contributed by atoms with Crippen LogP contribution in [0.5, 0.6) is 5.88 Å². The van der Waals surface area contributed by atoms with Gasteiger partial charge in [0, 0.05) is 41.8 Å². The molecule has 4 heterocycles. The lowest BCUT2D eigenvalue weighted by atomic mass is 9.85. The van der Waals surface area contributed by atoms with Gasteiger partial charge < -0.3 is 24.9 Å². The van der Waals surface area contributed by atoms with Crippen molar-refractivity contribution in [3.05, 3.63) is 71.8 Å². The van der Waals surface area contributed by atoms with E-state index in [0.29, 0.717) is 18.9 Å². The van der Waals surface area contributed by atoms with E-state index in [4.69, 9.17) is 19.6 Å². The minimum absolute atomic E-state index is 0.00971. The highest BCUT2D eigenvalue weighted by Crippen LogP contribution is 2.66. The standard InChI is InChI=1S/C26H23F3N6O3S/c1-25(18-9-26(18,12-36-2)39-24(30)35-25)15-7-13(8-16(27)21(15)29)33-23-22-14(17(28)10-32-23)3-4-19(34-22)38-11-20-31-5-6-37-20/h3-8,10,18H,9,11-12H2,1-2H3,(H2,30,35)(H,32,33)/t18-,25+,26+/m0/s1. The zero-order valence-electron chi connectivity index (χ0n) is 20.9. The van der Waals surface area contributed by atoms with Crippen LogP contribution in [0.4, 0.5) is 24.7 Å². The molecule has 9 nitrogen and oxygen atoms in total. The Morgan fingerprint density at radius 1 is 1.21 bits per heavy atom. The molecule has 1 aliphatic heterocycles. The number of aromatic nitrogens is 3. The van der Waals surface area contributed by atoms with Gasteiger partial charge in [0.25, 0.3) is 0 Å². The first-order valence-electron chi connectivity index (χ1n) is 12.0. The Hall–Kier alpha value is -3.84. The monoisotopic (exact) mass is 556 g/mol. The summed E-state index contributed by atoms with van der Waals surface area (Å²) in [6.45, 7) is 2.16. The molecule has 3 N–H and O–H groups in total. The fourth-order valence-corrected chi connectivity index (χ4v) is 6.64. The molecule has 0 saturated heterocycles. The van der Waals surface area contributed by atoms with Crippen molar-refractivity contribution in [2.75, 3.05) is 19.0 Å². The molecule has 2 aliphatic rings. The molecule has 1 aromatic carbocycles. The smallest absolute Gasteiger partial charge is 0.232 e. The lowest BCUT2D eigenvalue weighted by Crippen LogP contribution is -2.37. The van der Waals surface area contributed by atoms with Gasteiger partial charge in [-0.2, -0.15) is 0 Å². The van der Waals surface area contributed by atoms with Gasteiger partial charge in [-0.15, -0.1) is 0 Å². The molecule has 3 atom stereocenters. The number of oxazole rings is 1. The van der Waals surface area contributed by atoms with Crippen molar-refractivity contribution in [2.24, 2.45) is 16.6 Å². The lowest BCUT2D eigenvalue weighted by Gasteiger charge is -2.34. The molecule has 3 aromatic heterocycles. The van der Waals surface area contributed by atoms with Crippen LogP contribution in [0.3, 0.4) is 0 Å². The zero-order valence-corrected chi connectivity index (χ0v) is 21.7. The van der Waals surface area contributed by atoms with Crippen molar-refractivity contribution in [1.82, 2.24) is 15.0 Å². The van der Waals surface area contributed by atoms with E-state index in [2.05, 4.69) is 25.3 Å². The molecule has 0 bridgehead atoms. The number of rotatable bonds is 8. The third-order valence-electron chi connectivity index (χ3n) is 7.06. The van der Waals surface area contributed by atoms with E-state index in [1.54, 1.807) is 14.0 Å². The first-order valence-corrected chi connectivity index (χ1v) is 12.8. The Morgan fingerprint density at radius 3 is 2.82 bits per heavy atom. The van der Waals surface area contributed by atoms with Crippen LogP contribution in [0.1, 0.15) is 24.8 Å². The Labute approximate surface area is 225 Å². The average molecular weight is 557 g/mol. The number of nitrogens with one attached hydrogen (secondary N) is 1. The van der Waals surface area contributed by atoms with Crippen LogP contribution in [0, 0.1) is 23.4 Å². The first kappa shape index (κ1) is 25.4. The maximum atomic E-state index is 15.3. The van der Waals surface area contributed by atoms with Gasteiger partial charge in [-0.25, -0.2) is 28.1 Å². The molecule has 39 heavy (non-hydrogen) atoms. The van der Waals surface area contributed by atoms with E-state index in [1.807, 2.05) is 0 Å². The highest BCUT2D eigenvalue weighted by molar-refractivity contribution is 8.15. The fraction of sp³-hybridized carbons (Fsp3) is 0.308. The van der Waals surface area contributed by atoms with Gasteiger partial charge in [-0.05, 0) is 25.5 Å². The number of anilines is 2. The topological polar surface area (TPSA) is 121 Å². The summed E-state index contributed by atoms with van der Waals surface area (Å²) in [7, 11) is 1.59. The van der Waals surface area contributed by atoms with E-state index in [1.165, 1.54) is 42.4 Å². The number of nitrogens with two attached hydrogens (primary N) is 1. The first-order chi connectivity index (χ1) is 18.7. The van der Waals surface area contributed by atoms with E-state index in [0.717, 1.165) is 12.3 Å². The van der Waals surface area contributed by atoms with Crippen LogP contribution in [-0.2, 0) is 16.9 Å². The van der Waals surface area contributed by atoms with Crippen molar-refractivity contribution in [2.45, 2.75) is 30.2 Å². The summed E-state index contributed by atoms with van der Waals surface area (Å²) in [5.74, 6) is -2.17. The van der Waals surface area contributed by atoms with Crippen LogP contribution in [0.15, 0.2) is 52.3 Å². The van der Waals surface area contributed by atoms with Gasteiger partial charge in [0.2, 0.25) is 11.8 Å². The van der Waals surface area contributed by atoms with Crippen LogP contribution < -0.4 is 15.8 Å². The molecule has 1 fully saturated rings. The molecule has 0 spiro atoms. The third-order valence-corrected chi connectivity index (χ3v) is 8.34. The van der Waals surface area contributed by atoms with Crippen molar-refractivity contribution in [3.8, 4) is 5.88 Å². The highest BCUT2D eigenvalue weighted by atomic mass is 32.2. The van der Waals surface area contributed by atoms with Gasteiger partial charge in [0.1, 0.15) is 11.8 Å². The van der Waals surface area contributed by atoms with Gasteiger partial charge >= 0.3 is 0 Å². The normalized spacial score (nSPS) is 23.8. The van der Waals surface area contributed by atoms with Crippen molar-refractivity contribution in [1.29, 1.82) is 0 Å². The minimum Gasteiger partial charge on any atom is -0.468 e. The van der Waals surface area contributed by atoms with Crippen LogP contribution in [-0.4, -0.2) is 38.6 Å². The second kappa shape index (κ2) is 9.42. The number of thioether (sulfide) groups is 1. The maximum absolute atomic E-state index is 15.3. The Kier molecular flexibility index (Phi) is 6.14. The zero-order chi connectivity index (χ0) is 27.4. The molecule has 6 rings (SSSR count). The van der Waals surface area contributed by atoms with E-state index in [9.17, 15) is 8.78 Å². The maximum Gasteiger partial charge on any atom is 0.232 e. The number of benzene rings is 1. The molecule has 13 heteroatoms. The highest BCUT2D eigenvalue weighted by Gasteiger charge is 2.66. The number of aliphatic imine (C=N–C) groups is 1. The minimum atomic E-state index is -1.12. The second-order valence-electron chi connectivity index (χ2n) is 9.61. The molecule has 0 radical (unpaired) electrons. The number of pyridine rings is 2. The molecule has 0 amide bonds. The lowest BCUT2D eigenvalue weighted by molar-refractivity contribution is 0.184. The summed E-state index contributed by atoms with van der Waals surface area (Å²) in [5.41, 5.74) is 5.37. The van der Waals surface area contributed by atoms with Gasteiger partial charge in [0.15, 0.2) is 35.0 Å². The predicted molar refractivity (Wildman–Crippen MR) is 139 cm³/mol. The number of amidine groups is 1. The van der Waals surface area contributed by atoms with Gasteiger partial charge in [-0.3, -0.25) is 4.99 Å². The summed E-state index contributed by atoms with van der Waals surface area (Å²) >= 11 is 1.40. The number of ether oxygens (including phenoxy) is 2. The number of hydrogen-bond donors (Lipinski definition) is 2. The largest absolute Gasteiger partial charge is 0.468 e. The SMILES string of the molecule is COC[C@]12C[C@H]1[C@@](C)(c1cc(Nc3ncc(F)c4ccc(OCc5ncco5)nc34)cc(F)c1F)N=C(N)S2. The summed E-state index contributed by atoms with van der Waals surface area (Å²) in [6, 6.07) is 5.47. The number of halogens is 3. The number of fused-ring (bicyclic) bond motifs is 2. The van der Waals surface area contributed by atoms with Crippen molar-refractivity contribution >= 4 is 39.3 Å². The molecule has 0 unspecified atom stereocenters. The van der Waals surface area contributed by atoms with Crippen molar-refractivity contribution < 1.29 is 27.1 Å². The Morgan fingerprint density at radius 2 is 2.05 bits per heavy atom. The van der Waals surface area contributed by atoms with Crippen LogP contribution >= 0.6 is 11.8 Å². The summed E-state index contributed by atoms with van der Waals surface area (Å²) in [5, 5.41) is 3.42. The molecule has 1 aliphatic carbocycles.